The number of aryl methyl sites for hydroxylation is 1. The average molecular weight is 267 g/mol. The van der Waals surface area contributed by atoms with Gasteiger partial charge in [0.15, 0.2) is 0 Å². The molecule has 1 saturated carbocycles. The molecule has 1 aliphatic carbocycles. The van der Waals surface area contributed by atoms with E-state index in [2.05, 4.69) is 60.3 Å². The van der Waals surface area contributed by atoms with Crippen molar-refractivity contribution >= 4 is 0 Å². The number of aromatic nitrogens is 1. The zero-order valence-corrected chi connectivity index (χ0v) is 12.5. The van der Waals surface area contributed by atoms with E-state index in [0.29, 0.717) is 0 Å². The largest absolute Gasteiger partial charge is 0.354 e. The summed E-state index contributed by atoms with van der Waals surface area (Å²) in [5.41, 5.74) is 3.06. The molecular weight excluding hydrogens is 242 g/mol. The minimum Gasteiger partial charge on any atom is -0.354 e. The van der Waals surface area contributed by atoms with Crippen LogP contribution in [0.25, 0.3) is 0 Å². The topological polar surface area (TPSA) is 4.93 Å². The first kappa shape index (κ1) is 13.5. The summed E-state index contributed by atoms with van der Waals surface area (Å²) in [6.45, 7) is 3.29. The van der Waals surface area contributed by atoms with E-state index in [1.54, 1.807) is 5.56 Å². The van der Waals surface area contributed by atoms with Gasteiger partial charge in [0.2, 0.25) is 0 Å². The first-order valence-electron chi connectivity index (χ1n) is 8.06. The summed E-state index contributed by atoms with van der Waals surface area (Å²) in [4.78, 5) is 0. The predicted molar refractivity (Wildman–Crippen MR) is 85.0 cm³/mol. The summed E-state index contributed by atoms with van der Waals surface area (Å²) in [5.74, 6) is 1.58. The molecule has 1 heteroatoms. The summed E-state index contributed by atoms with van der Waals surface area (Å²) in [5, 5.41) is 0. The lowest BCUT2D eigenvalue weighted by atomic mass is 9.73. The first-order chi connectivity index (χ1) is 9.86. The Morgan fingerprint density at radius 2 is 1.85 bits per heavy atom. The molecule has 1 aromatic carbocycles. The molecule has 0 spiro atoms. The van der Waals surface area contributed by atoms with Gasteiger partial charge in [-0.3, -0.25) is 0 Å². The lowest BCUT2D eigenvalue weighted by molar-refractivity contribution is 0.305. The van der Waals surface area contributed by atoms with E-state index in [0.717, 1.165) is 18.4 Å². The van der Waals surface area contributed by atoms with E-state index in [4.69, 9.17) is 0 Å². The van der Waals surface area contributed by atoms with Crippen molar-refractivity contribution in [1.29, 1.82) is 0 Å². The highest BCUT2D eigenvalue weighted by atomic mass is 14.9. The summed E-state index contributed by atoms with van der Waals surface area (Å²) >= 11 is 0. The van der Waals surface area contributed by atoms with Crippen LogP contribution < -0.4 is 0 Å². The van der Waals surface area contributed by atoms with Crippen molar-refractivity contribution in [2.45, 2.75) is 51.5 Å². The maximum absolute atomic E-state index is 2.37. The second-order valence-corrected chi connectivity index (χ2v) is 6.12. The molecular formula is C19H25N. The monoisotopic (exact) mass is 267 g/mol. The van der Waals surface area contributed by atoms with E-state index in [1.165, 1.54) is 37.7 Å². The number of hydrogen-bond acceptors (Lipinski definition) is 0. The van der Waals surface area contributed by atoms with Gasteiger partial charge in [-0.1, -0.05) is 43.2 Å². The van der Waals surface area contributed by atoms with Gasteiger partial charge < -0.3 is 4.57 Å². The lowest BCUT2D eigenvalue weighted by Gasteiger charge is -2.31. The van der Waals surface area contributed by atoms with Gasteiger partial charge in [-0.25, -0.2) is 0 Å². The van der Waals surface area contributed by atoms with Crippen LogP contribution in [0, 0.1) is 5.92 Å². The van der Waals surface area contributed by atoms with Gasteiger partial charge in [0.1, 0.15) is 0 Å². The van der Waals surface area contributed by atoms with E-state index in [9.17, 15) is 0 Å². The van der Waals surface area contributed by atoms with E-state index < -0.39 is 0 Å². The van der Waals surface area contributed by atoms with Crippen LogP contribution in [0.2, 0.25) is 0 Å². The Bertz CT molecular complexity index is 526. The molecule has 1 fully saturated rings. The third kappa shape index (κ3) is 2.98. The van der Waals surface area contributed by atoms with Crippen molar-refractivity contribution < 1.29 is 0 Å². The Morgan fingerprint density at radius 3 is 2.60 bits per heavy atom. The minimum absolute atomic E-state index is 0.761. The molecule has 2 unspecified atom stereocenters. The Balaban J connectivity index is 1.76. The molecule has 0 aliphatic heterocycles. The first-order valence-corrected chi connectivity index (χ1v) is 8.06. The van der Waals surface area contributed by atoms with Crippen LogP contribution >= 0.6 is 0 Å². The quantitative estimate of drug-likeness (QED) is 0.732. The Hall–Kier alpha value is -1.50. The third-order valence-corrected chi connectivity index (χ3v) is 4.82. The van der Waals surface area contributed by atoms with Gasteiger partial charge >= 0.3 is 0 Å². The molecule has 0 saturated heterocycles. The molecule has 1 nitrogen and oxygen atoms in total. The molecule has 0 bridgehead atoms. The molecule has 0 amide bonds. The van der Waals surface area contributed by atoms with Crippen LogP contribution in [0.5, 0.6) is 0 Å². The summed E-state index contributed by atoms with van der Waals surface area (Å²) in [6, 6.07) is 13.4. The zero-order chi connectivity index (χ0) is 13.8. The van der Waals surface area contributed by atoms with Gasteiger partial charge in [-0.2, -0.15) is 0 Å². The molecule has 0 radical (unpaired) electrons. The van der Waals surface area contributed by atoms with Crippen LogP contribution in [0.15, 0.2) is 48.8 Å². The molecule has 20 heavy (non-hydrogen) atoms. The second kappa shape index (κ2) is 6.30. The molecule has 2 aromatic rings. The Morgan fingerprint density at radius 1 is 1.05 bits per heavy atom. The summed E-state index contributed by atoms with van der Waals surface area (Å²) in [7, 11) is 0. The fourth-order valence-corrected chi connectivity index (χ4v) is 3.68. The van der Waals surface area contributed by atoms with Crippen LogP contribution in [-0.2, 0) is 13.0 Å². The van der Waals surface area contributed by atoms with Gasteiger partial charge in [0, 0.05) is 18.9 Å². The molecule has 2 atom stereocenters. The lowest BCUT2D eigenvalue weighted by Crippen LogP contribution is -2.19. The van der Waals surface area contributed by atoms with Crippen molar-refractivity contribution in [3.05, 3.63) is 59.9 Å². The number of hydrogen-bond donors (Lipinski definition) is 0. The molecule has 0 N–H and O–H groups in total. The van der Waals surface area contributed by atoms with E-state index in [-0.39, 0.29) is 0 Å². The van der Waals surface area contributed by atoms with Crippen LogP contribution in [-0.4, -0.2) is 4.57 Å². The van der Waals surface area contributed by atoms with E-state index >= 15 is 0 Å². The standard InChI is InChI=1S/C19H25N/c1-2-20-13-12-18(15-20)19-11-7-6-10-17(19)14-16-8-4-3-5-9-16/h3-5,8-9,12-13,15,17,19H,2,6-7,10-11,14H2,1H3. The SMILES string of the molecule is CCn1ccc(C2CCCCC2Cc2ccccc2)c1. The Kier molecular flexibility index (Phi) is 4.25. The highest BCUT2D eigenvalue weighted by Crippen LogP contribution is 2.39. The van der Waals surface area contributed by atoms with Crippen molar-refractivity contribution in [1.82, 2.24) is 4.57 Å². The van der Waals surface area contributed by atoms with Crippen LogP contribution in [0.3, 0.4) is 0 Å². The number of benzene rings is 1. The maximum atomic E-state index is 2.37. The van der Waals surface area contributed by atoms with Crippen molar-refractivity contribution in [2.24, 2.45) is 5.92 Å². The molecule has 1 aromatic heterocycles. The normalized spacial score (nSPS) is 22.9. The minimum atomic E-state index is 0.761. The van der Waals surface area contributed by atoms with Gasteiger partial charge in [-0.05, 0) is 55.2 Å². The van der Waals surface area contributed by atoms with Crippen LogP contribution in [0.1, 0.15) is 49.7 Å². The highest BCUT2D eigenvalue weighted by Gasteiger charge is 2.27. The van der Waals surface area contributed by atoms with Crippen molar-refractivity contribution in [3.63, 3.8) is 0 Å². The van der Waals surface area contributed by atoms with Gasteiger partial charge in [-0.15, -0.1) is 0 Å². The number of nitrogens with zero attached hydrogens (tertiary/aromatic N) is 1. The molecule has 1 aliphatic rings. The highest BCUT2D eigenvalue weighted by molar-refractivity contribution is 5.21. The Labute approximate surface area is 122 Å². The fraction of sp³-hybridized carbons (Fsp3) is 0.474. The second-order valence-electron chi connectivity index (χ2n) is 6.12. The third-order valence-electron chi connectivity index (χ3n) is 4.82. The average Bonchev–Trinajstić information content (AvgIpc) is 2.98. The predicted octanol–water partition coefficient (Wildman–Crippen LogP) is 5.02. The van der Waals surface area contributed by atoms with Crippen LogP contribution in [0.4, 0.5) is 0 Å². The summed E-state index contributed by atoms with van der Waals surface area (Å²) < 4.78 is 2.31. The van der Waals surface area contributed by atoms with Crippen molar-refractivity contribution in [2.75, 3.05) is 0 Å². The fourth-order valence-electron chi connectivity index (χ4n) is 3.68. The summed E-state index contributed by atoms with van der Waals surface area (Å²) in [6.07, 6.45) is 11.4. The number of rotatable bonds is 4. The molecule has 106 valence electrons. The molecule has 1 heterocycles. The van der Waals surface area contributed by atoms with Gasteiger partial charge in [0.25, 0.3) is 0 Å². The molecule has 3 rings (SSSR count). The van der Waals surface area contributed by atoms with Gasteiger partial charge in [0.05, 0.1) is 0 Å². The maximum Gasteiger partial charge on any atom is 0.0191 e. The smallest absolute Gasteiger partial charge is 0.0191 e. The van der Waals surface area contributed by atoms with Crippen molar-refractivity contribution in [3.8, 4) is 0 Å². The zero-order valence-electron chi connectivity index (χ0n) is 12.5. The van der Waals surface area contributed by atoms with E-state index in [1.807, 2.05) is 0 Å².